The van der Waals surface area contributed by atoms with E-state index < -0.39 is 0 Å². The van der Waals surface area contributed by atoms with E-state index in [0.717, 1.165) is 4.47 Å². The predicted molar refractivity (Wildman–Crippen MR) is 77.4 cm³/mol. The van der Waals surface area contributed by atoms with Gasteiger partial charge in [0.2, 0.25) is 0 Å². The van der Waals surface area contributed by atoms with Crippen molar-refractivity contribution >= 4 is 21.8 Å². The number of rotatable bonds is 5. The second-order valence-corrected chi connectivity index (χ2v) is 6.14. The Balaban J connectivity index is 2.57. The predicted octanol–water partition coefficient (Wildman–Crippen LogP) is 3.50. The average molecular weight is 313 g/mol. The molecule has 0 aromatic carbocycles. The highest BCUT2D eigenvalue weighted by Gasteiger charge is 2.18. The van der Waals surface area contributed by atoms with E-state index in [1.165, 1.54) is 0 Å². The second-order valence-electron chi connectivity index (χ2n) is 5.22. The number of pyridine rings is 1. The van der Waals surface area contributed by atoms with Crippen LogP contribution in [0, 0.1) is 17.8 Å². The lowest BCUT2D eigenvalue weighted by molar-refractivity contribution is 0.0932. The van der Waals surface area contributed by atoms with Gasteiger partial charge in [-0.05, 0) is 45.8 Å². The zero-order valence-corrected chi connectivity index (χ0v) is 13.0. The van der Waals surface area contributed by atoms with Crippen LogP contribution >= 0.6 is 15.9 Å². The molecule has 0 saturated heterocycles. The van der Waals surface area contributed by atoms with Crippen molar-refractivity contribution in [3.8, 4) is 0 Å². The Morgan fingerprint density at radius 1 is 1.28 bits per heavy atom. The van der Waals surface area contributed by atoms with E-state index in [9.17, 15) is 4.79 Å². The molecule has 1 aromatic rings. The lowest BCUT2D eigenvalue weighted by Gasteiger charge is -2.24. The molecule has 0 aliphatic carbocycles. The number of nitrogens with one attached hydrogen (secondary N) is 1. The molecule has 1 heterocycles. The molecule has 0 unspecified atom stereocenters. The number of carbonyl (C=O) groups excluding carboxylic acids is 1. The van der Waals surface area contributed by atoms with E-state index in [4.69, 9.17) is 0 Å². The van der Waals surface area contributed by atoms with Crippen LogP contribution < -0.4 is 5.32 Å². The van der Waals surface area contributed by atoms with Crippen LogP contribution in [-0.4, -0.2) is 17.4 Å². The minimum atomic E-state index is -0.103. The monoisotopic (exact) mass is 312 g/mol. The number of carbonyl (C=O) groups is 1. The molecule has 4 heteroatoms. The number of hydrogen-bond donors (Lipinski definition) is 1. The van der Waals surface area contributed by atoms with Crippen molar-refractivity contribution in [2.24, 2.45) is 17.8 Å². The summed E-state index contributed by atoms with van der Waals surface area (Å²) in [6.45, 7) is 9.46. The molecule has 1 rings (SSSR count). The summed E-state index contributed by atoms with van der Waals surface area (Å²) >= 11 is 3.30. The SMILES string of the molecule is CC(C)C(CNC(=O)c1ccc(Br)cn1)C(C)C. The third-order valence-electron chi connectivity index (χ3n) is 3.17. The summed E-state index contributed by atoms with van der Waals surface area (Å²) in [5.41, 5.74) is 0.462. The lowest BCUT2D eigenvalue weighted by atomic mass is 9.85. The Morgan fingerprint density at radius 3 is 2.33 bits per heavy atom. The third-order valence-corrected chi connectivity index (χ3v) is 3.64. The molecule has 1 N–H and O–H groups in total. The van der Waals surface area contributed by atoms with Crippen molar-refractivity contribution in [3.05, 3.63) is 28.5 Å². The average Bonchev–Trinajstić information content (AvgIpc) is 2.28. The Labute approximate surface area is 118 Å². The normalized spacial score (nSPS) is 11.3. The van der Waals surface area contributed by atoms with Gasteiger partial charge in [-0.3, -0.25) is 4.79 Å². The van der Waals surface area contributed by atoms with Crippen molar-refractivity contribution in [3.63, 3.8) is 0 Å². The molecule has 0 spiro atoms. The van der Waals surface area contributed by atoms with Gasteiger partial charge >= 0.3 is 0 Å². The highest BCUT2D eigenvalue weighted by Crippen LogP contribution is 2.19. The molecule has 1 amide bonds. The maximum atomic E-state index is 11.9. The molecule has 18 heavy (non-hydrogen) atoms. The van der Waals surface area contributed by atoms with Crippen LogP contribution in [0.1, 0.15) is 38.2 Å². The van der Waals surface area contributed by atoms with Crippen LogP contribution in [0.5, 0.6) is 0 Å². The van der Waals surface area contributed by atoms with E-state index in [1.54, 1.807) is 12.3 Å². The van der Waals surface area contributed by atoms with Crippen molar-refractivity contribution in [2.45, 2.75) is 27.7 Å². The molecule has 100 valence electrons. The number of nitrogens with zero attached hydrogens (tertiary/aromatic N) is 1. The lowest BCUT2D eigenvalue weighted by Crippen LogP contribution is -2.34. The highest BCUT2D eigenvalue weighted by atomic mass is 79.9. The van der Waals surface area contributed by atoms with E-state index in [-0.39, 0.29) is 5.91 Å². The van der Waals surface area contributed by atoms with Gasteiger partial charge < -0.3 is 5.32 Å². The maximum absolute atomic E-state index is 11.9. The molecular formula is C14H21BrN2O. The Morgan fingerprint density at radius 2 is 1.89 bits per heavy atom. The molecular weight excluding hydrogens is 292 g/mol. The summed E-state index contributed by atoms with van der Waals surface area (Å²) < 4.78 is 0.876. The maximum Gasteiger partial charge on any atom is 0.269 e. The van der Waals surface area contributed by atoms with Crippen molar-refractivity contribution in [2.75, 3.05) is 6.54 Å². The quantitative estimate of drug-likeness (QED) is 0.904. The van der Waals surface area contributed by atoms with Crippen molar-refractivity contribution in [1.82, 2.24) is 10.3 Å². The van der Waals surface area contributed by atoms with Crippen LogP contribution in [0.25, 0.3) is 0 Å². The first-order valence-electron chi connectivity index (χ1n) is 6.31. The van der Waals surface area contributed by atoms with Gasteiger partial charge in [-0.25, -0.2) is 4.98 Å². The molecule has 0 aliphatic heterocycles. The van der Waals surface area contributed by atoms with E-state index in [0.29, 0.717) is 30.0 Å². The van der Waals surface area contributed by atoms with Gasteiger partial charge in [-0.2, -0.15) is 0 Å². The second kappa shape index (κ2) is 6.88. The fourth-order valence-corrected chi connectivity index (χ4v) is 2.29. The van der Waals surface area contributed by atoms with E-state index in [1.807, 2.05) is 6.07 Å². The Bertz CT molecular complexity index is 379. The van der Waals surface area contributed by atoms with Crippen LogP contribution in [0.15, 0.2) is 22.8 Å². The van der Waals surface area contributed by atoms with Gasteiger partial charge in [-0.15, -0.1) is 0 Å². The standard InChI is InChI=1S/C14H21BrN2O/c1-9(2)12(10(3)4)8-17-14(18)13-6-5-11(15)7-16-13/h5-7,9-10,12H,8H2,1-4H3,(H,17,18). The highest BCUT2D eigenvalue weighted by molar-refractivity contribution is 9.10. The number of amides is 1. The van der Waals surface area contributed by atoms with Gasteiger partial charge in [0.1, 0.15) is 5.69 Å². The summed E-state index contributed by atoms with van der Waals surface area (Å²) in [4.78, 5) is 16.0. The first-order valence-corrected chi connectivity index (χ1v) is 7.11. The minimum Gasteiger partial charge on any atom is -0.350 e. The molecule has 0 fully saturated rings. The molecule has 3 nitrogen and oxygen atoms in total. The summed E-state index contributed by atoms with van der Waals surface area (Å²) in [5.74, 6) is 1.50. The van der Waals surface area contributed by atoms with Gasteiger partial charge in [0.05, 0.1) is 0 Å². The van der Waals surface area contributed by atoms with Crippen LogP contribution in [0.3, 0.4) is 0 Å². The number of aromatic nitrogens is 1. The Hall–Kier alpha value is -0.900. The van der Waals surface area contributed by atoms with Gasteiger partial charge in [0.25, 0.3) is 5.91 Å². The fourth-order valence-electron chi connectivity index (χ4n) is 2.05. The zero-order valence-electron chi connectivity index (χ0n) is 11.4. The molecule has 0 atom stereocenters. The van der Waals surface area contributed by atoms with Crippen LogP contribution in [0.2, 0.25) is 0 Å². The first kappa shape index (κ1) is 15.2. The van der Waals surface area contributed by atoms with Crippen molar-refractivity contribution < 1.29 is 4.79 Å². The molecule has 0 bridgehead atoms. The number of halogens is 1. The topological polar surface area (TPSA) is 42.0 Å². The van der Waals surface area contributed by atoms with E-state index in [2.05, 4.69) is 53.9 Å². The van der Waals surface area contributed by atoms with Gasteiger partial charge in [-0.1, -0.05) is 27.7 Å². The van der Waals surface area contributed by atoms with Crippen molar-refractivity contribution in [1.29, 1.82) is 0 Å². The summed E-state index contributed by atoms with van der Waals surface area (Å²) in [6.07, 6.45) is 1.64. The Kier molecular flexibility index (Phi) is 5.79. The van der Waals surface area contributed by atoms with Crippen LogP contribution in [0.4, 0.5) is 0 Å². The zero-order chi connectivity index (χ0) is 13.7. The summed E-state index contributed by atoms with van der Waals surface area (Å²) in [7, 11) is 0. The summed E-state index contributed by atoms with van der Waals surface area (Å²) in [5, 5.41) is 2.96. The number of hydrogen-bond acceptors (Lipinski definition) is 2. The van der Waals surface area contributed by atoms with Gasteiger partial charge in [0, 0.05) is 17.2 Å². The molecule has 0 aliphatic rings. The molecule has 0 radical (unpaired) electrons. The molecule has 1 aromatic heterocycles. The fraction of sp³-hybridized carbons (Fsp3) is 0.571. The largest absolute Gasteiger partial charge is 0.350 e. The van der Waals surface area contributed by atoms with Gasteiger partial charge in [0.15, 0.2) is 0 Å². The van der Waals surface area contributed by atoms with Crippen LogP contribution in [-0.2, 0) is 0 Å². The molecule has 0 saturated carbocycles. The first-order chi connectivity index (χ1) is 8.41. The smallest absolute Gasteiger partial charge is 0.269 e. The minimum absolute atomic E-state index is 0.103. The third kappa shape index (κ3) is 4.41. The summed E-state index contributed by atoms with van der Waals surface area (Å²) in [6, 6.07) is 3.55. The van der Waals surface area contributed by atoms with E-state index >= 15 is 0 Å².